The second-order valence-corrected chi connectivity index (χ2v) is 6.92. The fourth-order valence-corrected chi connectivity index (χ4v) is 3.21. The molecule has 1 heterocycles. The highest BCUT2D eigenvalue weighted by Crippen LogP contribution is 2.20. The van der Waals surface area contributed by atoms with Crippen LogP contribution in [0.4, 0.5) is 0 Å². The van der Waals surface area contributed by atoms with Gasteiger partial charge in [-0.25, -0.2) is 9.59 Å². The van der Waals surface area contributed by atoms with Crippen LogP contribution in [0.2, 0.25) is 0 Å². The average molecular weight is 373 g/mol. The van der Waals surface area contributed by atoms with Crippen LogP contribution < -0.4 is 5.32 Å². The van der Waals surface area contributed by atoms with Gasteiger partial charge in [0, 0.05) is 6.54 Å². The molecule has 5 nitrogen and oxygen atoms in total. The van der Waals surface area contributed by atoms with E-state index in [2.05, 4.69) is 12.2 Å². The zero-order valence-corrected chi connectivity index (χ0v) is 16.5. The van der Waals surface area contributed by atoms with Crippen LogP contribution in [0, 0.1) is 0 Å². The zero-order valence-electron chi connectivity index (χ0n) is 16.5. The summed E-state index contributed by atoms with van der Waals surface area (Å²) in [7, 11) is 1.38. The Morgan fingerprint density at radius 3 is 2.52 bits per heavy atom. The van der Waals surface area contributed by atoms with E-state index in [-0.39, 0.29) is 11.9 Å². The number of carbonyl (C=O) groups is 2. The fraction of sp³-hybridized carbons (Fsp3) is 0.545. The zero-order chi connectivity index (χ0) is 19.5. The molecule has 0 aromatic heterocycles. The van der Waals surface area contributed by atoms with Crippen LogP contribution >= 0.6 is 0 Å². The lowest BCUT2D eigenvalue weighted by molar-refractivity contribution is -0.136. The van der Waals surface area contributed by atoms with Gasteiger partial charge in [0.15, 0.2) is 0 Å². The summed E-state index contributed by atoms with van der Waals surface area (Å²) in [5.41, 5.74) is 3.43. The van der Waals surface area contributed by atoms with Gasteiger partial charge in [0.1, 0.15) is 6.61 Å². The SMILES string of the molecule is CCCCCCCNC1=C(CCCc2ccc(C(=O)OC)cc2)C(=O)OC1. The Morgan fingerprint density at radius 1 is 1.07 bits per heavy atom. The highest BCUT2D eigenvalue weighted by molar-refractivity contribution is 5.91. The first-order valence-electron chi connectivity index (χ1n) is 9.96. The Labute approximate surface area is 162 Å². The summed E-state index contributed by atoms with van der Waals surface area (Å²) in [6.07, 6.45) is 8.57. The molecule has 1 N–H and O–H groups in total. The first-order chi connectivity index (χ1) is 13.2. The van der Waals surface area contributed by atoms with E-state index in [0.717, 1.165) is 42.6 Å². The molecule has 0 saturated carbocycles. The molecule has 0 atom stereocenters. The molecule has 1 aromatic carbocycles. The van der Waals surface area contributed by atoms with E-state index >= 15 is 0 Å². The Bertz CT molecular complexity index is 649. The molecular formula is C22H31NO4. The molecule has 0 aliphatic carbocycles. The molecule has 0 unspecified atom stereocenters. The molecule has 0 spiro atoms. The van der Waals surface area contributed by atoms with Crippen molar-refractivity contribution in [1.29, 1.82) is 0 Å². The molecule has 0 saturated heterocycles. The monoisotopic (exact) mass is 373 g/mol. The molecule has 1 aromatic rings. The summed E-state index contributed by atoms with van der Waals surface area (Å²) < 4.78 is 9.91. The van der Waals surface area contributed by atoms with Gasteiger partial charge < -0.3 is 14.8 Å². The molecule has 1 aliphatic heterocycles. The first-order valence-corrected chi connectivity index (χ1v) is 9.96. The molecular weight excluding hydrogens is 342 g/mol. The van der Waals surface area contributed by atoms with Gasteiger partial charge in [-0.3, -0.25) is 0 Å². The number of hydrogen-bond acceptors (Lipinski definition) is 5. The van der Waals surface area contributed by atoms with Gasteiger partial charge in [-0.2, -0.15) is 0 Å². The number of unbranched alkanes of at least 4 members (excludes halogenated alkanes) is 4. The van der Waals surface area contributed by atoms with E-state index in [0.29, 0.717) is 18.6 Å². The van der Waals surface area contributed by atoms with Gasteiger partial charge in [-0.1, -0.05) is 44.7 Å². The molecule has 0 radical (unpaired) electrons. The van der Waals surface area contributed by atoms with Gasteiger partial charge in [-0.05, 0) is 43.4 Å². The Balaban J connectivity index is 1.78. The molecule has 5 heteroatoms. The summed E-state index contributed by atoms with van der Waals surface area (Å²) in [4.78, 5) is 23.4. The van der Waals surface area contributed by atoms with Crippen molar-refractivity contribution in [3.05, 3.63) is 46.7 Å². The highest BCUT2D eigenvalue weighted by Gasteiger charge is 2.23. The summed E-state index contributed by atoms with van der Waals surface area (Å²) in [6.45, 7) is 3.48. The van der Waals surface area contributed by atoms with Gasteiger partial charge in [-0.15, -0.1) is 0 Å². The lowest BCUT2D eigenvalue weighted by Crippen LogP contribution is -2.17. The number of hydrogen-bond donors (Lipinski definition) is 1. The van der Waals surface area contributed by atoms with E-state index in [9.17, 15) is 9.59 Å². The Morgan fingerprint density at radius 2 is 1.81 bits per heavy atom. The van der Waals surface area contributed by atoms with Crippen LogP contribution in [-0.4, -0.2) is 32.2 Å². The van der Waals surface area contributed by atoms with Gasteiger partial charge in [0.25, 0.3) is 0 Å². The molecule has 148 valence electrons. The van der Waals surface area contributed by atoms with Gasteiger partial charge in [0.2, 0.25) is 0 Å². The maximum absolute atomic E-state index is 12.0. The van der Waals surface area contributed by atoms with Crippen molar-refractivity contribution in [1.82, 2.24) is 5.32 Å². The minimum absolute atomic E-state index is 0.190. The van der Waals surface area contributed by atoms with Crippen molar-refractivity contribution in [2.24, 2.45) is 0 Å². The first kappa shape index (κ1) is 21.0. The number of esters is 2. The summed E-state index contributed by atoms with van der Waals surface area (Å²) in [5, 5.41) is 3.40. The number of carbonyl (C=O) groups excluding carboxylic acids is 2. The van der Waals surface area contributed by atoms with Gasteiger partial charge in [0.05, 0.1) is 23.9 Å². The third kappa shape index (κ3) is 6.74. The van der Waals surface area contributed by atoms with Crippen molar-refractivity contribution in [2.45, 2.75) is 58.3 Å². The topological polar surface area (TPSA) is 64.6 Å². The Hall–Kier alpha value is -2.30. The minimum Gasteiger partial charge on any atom is -0.465 e. The Kier molecular flexibility index (Phi) is 8.89. The van der Waals surface area contributed by atoms with E-state index in [1.54, 1.807) is 12.1 Å². The molecule has 2 rings (SSSR count). The van der Waals surface area contributed by atoms with E-state index in [1.165, 1.54) is 32.8 Å². The van der Waals surface area contributed by atoms with Crippen LogP contribution in [0.1, 0.15) is 67.8 Å². The molecule has 0 fully saturated rings. The van der Waals surface area contributed by atoms with Crippen molar-refractivity contribution >= 4 is 11.9 Å². The van der Waals surface area contributed by atoms with Crippen molar-refractivity contribution < 1.29 is 19.1 Å². The third-order valence-corrected chi connectivity index (χ3v) is 4.84. The standard InChI is InChI=1S/C22H31NO4/c1-3-4-5-6-7-15-23-20-16-27-22(25)19(20)10-8-9-17-11-13-18(14-12-17)21(24)26-2/h11-14,23H,3-10,15-16H2,1-2H3. The number of nitrogens with one attached hydrogen (secondary N) is 1. The smallest absolute Gasteiger partial charge is 0.337 e. The summed E-state index contributed by atoms with van der Waals surface area (Å²) in [6, 6.07) is 7.41. The largest absolute Gasteiger partial charge is 0.465 e. The molecule has 1 aliphatic rings. The minimum atomic E-state index is -0.328. The van der Waals surface area contributed by atoms with Crippen molar-refractivity contribution in [2.75, 3.05) is 20.3 Å². The normalized spacial score (nSPS) is 13.6. The number of cyclic esters (lactones) is 1. The predicted octanol–water partition coefficient (Wildman–Crippen LogP) is 4.17. The number of methoxy groups -OCH3 is 1. The van der Waals surface area contributed by atoms with Gasteiger partial charge >= 0.3 is 11.9 Å². The average Bonchev–Trinajstić information content (AvgIpc) is 3.04. The maximum atomic E-state index is 12.0. The number of benzene rings is 1. The lowest BCUT2D eigenvalue weighted by atomic mass is 10.0. The summed E-state index contributed by atoms with van der Waals surface area (Å²) in [5.74, 6) is -0.518. The van der Waals surface area contributed by atoms with Crippen LogP contribution in [-0.2, 0) is 20.7 Å². The van der Waals surface area contributed by atoms with E-state index in [4.69, 9.17) is 9.47 Å². The quantitative estimate of drug-likeness (QED) is 0.440. The fourth-order valence-electron chi connectivity index (χ4n) is 3.21. The van der Waals surface area contributed by atoms with Crippen molar-refractivity contribution in [3.8, 4) is 0 Å². The predicted molar refractivity (Wildman–Crippen MR) is 105 cm³/mol. The maximum Gasteiger partial charge on any atom is 0.337 e. The molecule has 0 bridgehead atoms. The molecule has 27 heavy (non-hydrogen) atoms. The van der Waals surface area contributed by atoms with Crippen molar-refractivity contribution in [3.63, 3.8) is 0 Å². The van der Waals surface area contributed by atoms with Crippen LogP contribution in [0.25, 0.3) is 0 Å². The van der Waals surface area contributed by atoms with Crippen LogP contribution in [0.5, 0.6) is 0 Å². The second-order valence-electron chi connectivity index (χ2n) is 6.92. The van der Waals surface area contributed by atoms with Crippen LogP contribution in [0.3, 0.4) is 0 Å². The van der Waals surface area contributed by atoms with Crippen LogP contribution in [0.15, 0.2) is 35.5 Å². The van der Waals surface area contributed by atoms with E-state index < -0.39 is 0 Å². The molecule has 0 amide bonds. The third-order valence-electron chi connectivity index (χ3n) is 4.84. The number of rotatable bonds is 12. The number of aryl methyl sites for hydroxylation is 1. The van der Waals surface area contributed by atoms with E-state index in [1.807, 2.05) is 12.1 Å². The number of ether oxygens (including phenoxy) is 2. The lowest BCUT2D eigenvalue weighted by Gasteiger charge is -2.08. The second kappa shape index (κ2) is 11.4. The highest BCUT2D eigenvalue weighted by atomic mass is 16.5. The summed E-state index contributed by atoms with van der Waals surface area (Å²) >= 11 is 0.